The van der Waals surface area contributed by atoms with Gasteiger partial charge in [-0.15, -0.1) is 11.3 Å². The smallest absolute Gasteiger partial charge is 0.255 e. The average Bonchev–Trinajstić information content (AvgIpc) is 2.85. The summed E-state index contributed by atoms with van der Waals surface area (Å²) in [5, 5.41) is 3.19. The highest BCUT2D eigenvalue weighted by Crippen LogP contribution is 2.39. The Morgan fingerprint density at radius 1 is 1.18 bits per heavy atom. The number of aryl methyl sites for hydroxylation is 1. The lowest BCUT2D eigenvalue weighted by molar-refractivity contribution is 0.102. The normalized spacial score (nSPS) is 14.0. The van der Waals surface area contributed by atoms with Crippen LogP contribution in [0.15, 0.2) is 30.3 Å². The molecule has 1 aromatic heterocycles. The highest BCUT2D eigenvalue weighted by molar-refractivity contribution is 7.12. The number of anilines is 1. The summed E-state index contributed by atoms with van der Waals surface area (Å²) < 4.78 is 0. The van der Waals surface area contributed by atoms with Gasteiger partial charge in [0.05, 0.1) is 5.69 Å². The van der Waals surface area contributed by atoms with Crippen molar-refractivity contribution in [3.8, 4) is 0 Å². The van der Waals surface area contributed by atoms with Crippen molar-refractivity contribution in [1.82, 2.24) is 4.90 Å². The summed E-state index contributed by atoms with van der Waals surface area (Å²) >= 11 is 1.87. The lowest BCUT2D eigenvalue weighted by atomic mass is 9.97. The summed E-state index contributed by atoms with van der Waals surface area (Å²) in [6.45, 7) is 0.877. The predicted molar refractivity (Wildman–Crippen MR) is 92.7 cm³/mol. The van der Waals surface area contributed by atoms with Crippen molar-refractivity contribution in [2.75, 3.05) is 19.4 Å². The van der Waals surface area contributed by atoms with E-state index in [4.69, 9.17) is 0 Å². The molecule has 1 amide bonds. The van der Waals surface area contributed by atoms with Crippen molar-refractivity contribution in [1.29, 1.82) is 0 Å². The van der Waals surface area contributed by atoms with Gasteiger partial charge in [0.1, 0.15) is 0 Å². The molecular formula is C18H22N2OS. The van der Waals surface area contributed by atoms with E-state index in [1.807, 2.05) is 41.7 Å². The van der Waals surface area contributed by atoms with E-state index in [1.165, 1.54) is 28.2 Å². The van der Waals surface area contributed by atoms with Crippen molar-refractivity contribution < 1.29 is 4.79 Å². The van der Waals surface area contributed by atoms with Gasteiger partial charge >= 0.3 is 0 Å². The van der Waals surface area contributed by atoms with Crippen LogP contribution in [0.25, 0.3) is 0 Å². The standard InChI is InChI=1S/C18H22N2OS/c1-20(2)12-16-17(14-10-6-7-11-15(14)22-16)19-18(21)13-8-4-3-5-9-13/h3-5,8-9H,6-7,10-12H2,1-2H3,(H,19,21). The molecule has 4 heteroatoms. The molecule has 1 aromatic carbocycles. The number of fused-ring (bicyclic) bond motifs is 1. The van der Waals surface area contributed by atoms with Crippen LogP contribution in [0.1, 0.15) is 38.5 Å². The fraction of sp³-hybridized carbons (Fsp3) is 0.389. The number of rotatable bonds is 4. The van der Waals surface area contributed by atoms with E-state index in [0.717, 1.165) is 25.1 Å². The van der Waals surface area contributed by atoms with Crippen LogP contribution in [-0.2, 0) is 19.4 Å². The Balaban J connectivity index is 1.91. The van der Waals surface area contributed by atoms with Gasteiger partial charge in [0.15, 0.2) is 0 Å². The molecule has 0 saturated heterocycles. The molecule has 0 spiro atoms. The molecule has 0 aliphatic heterocycles. The maximum atomic E-state index is 12.5. The van der Waals surface area contributed by atoms with Gasteiger partial charge < -0.3 is 10.2 Å². The summed E-state index contributed by atoms with van der Waals surface area (Å²) in [4.78, 5) is 17.4. The summed E-state index contributed by atoms with van der Waals surface area (Å²) in [6, 6.07) is 9.46. The third kappa shape index (κ3) is 3.23. The van der Waals surface area contributed by atoms with E-state index in [-0.39, 0.29) is 5.91 Å². The van der Waals surface area contributed by atoms with E-state index in [2.05, 4.69) is 24.3 Å². The average molecular weight is 314 g/mol. The van der Waals surface area contributed by atoms with Crippen molar-refractivity contribution in [2.24, 2.45) is 0 Å². The van der Waals surface area contributed by atoms with Gasteiger partial charge in [-0.2, -0.15) is 0 Å². The number of hydrogen-bond acceptors (Lipinski definition) is 3. The van der Waals surface area contributed by atoms with Crippen LogP contribution in [0.2, 0.25) is 0 Å². The first-order chi connectivity index (χ1) is 10.6. The summed E-state index contributed by atoms with van der Waals surface area (Å²) in [7, 11) is 4.14. The number of benzene rings is 1. The van der Waals surface area contributed by atoms with Gasteiger partial charge in [-0.3, -0.25) is 4.79 Å². The van der Waals surface area contributed by atoms with E-state index in [0.29, 0.717) is 5.56 Å². The summed E-state index contributed by atoms with van der Waals surface area (Å²) in [5.74, 6) is -0.00761. The van der Waals surface area contributed by atoms with Crippen LogP contribution in [0, 0.1) is 0 Å². The number of nitrogens with zero attached hydrogens (tertiary/aromatic N) is 1. The molecule has 1 N–H and O–H groups in total. The Hall–Kier alpha value is -1.65. The SMILES string of the molecule is CN(C)Cc1sc2c(c1NC(=O)c1ccccc1)CCCC2. The molecule has 0 radical (unpaired) electrons. The minimum absolute atomic E-state index is 0.00761. The zero-order chi connectivity index (χ0) is 15.5. The second-order valence-electron chi connectivity index (χ2n) is 6.07. The highest BCUT2D eigenvalue weighted by atomic mass is 32.1. The van der Waals surface area contributed by atoms with E-state index in [1.54, 1.807) is 0 Å². The van der Waals surface area contributed by atoms with Crippen LogP contribution >= 0.6 is 11.3 Å². The molecule has 3 rings (SSSR count). The largest absolute Gasteiger partial charge is 0.321 e. The maximum absolute atomic E-state index is 12.5. The van der Waals surface area contributed by atoms with Crippen LogP contribution < -0.4 is 5.32 Å². The number of nitrogens with one attached hydrogen (secondary N) is 1. The summed E-state index contributed by atoms with van der Waals surface area (Å²) in [5.41, 5.74) is 3.16. The Morgan fingerprint density at radius 3 is 2.64 bits per heavy atom. The predicted octanol–water partition coefficient (Wildman–Crippen LogP) is 3.94. The topological polar surface area (TPSA) is 32.3 Å². The number of carbonyl (C=O) groups is 1. The molecule has 0 atom stereocenters. The van der Waals surface area contributed by atoms with Crippen molar-refractivity contribution in [2.45, 2.75) is 32.2 Å². The first-order valence-electron chi connectivity index (χ1n) is 7.79. The number of thiophene rings is 1. The first kappa shape index (κ1) is 15.3. The number of carbonyl (C=O) groups excluding carboxylic acids is 1. The van der Waals surface area contributed by atoms with Crippen LogP contribution in [-0.4, -0.2) is 24.9 Å². The highest BCUT2D eigenvalue weighted by Gasteiger charge is 2.22. The molecular weight excluding hydrogens is 292 g/mol. The van der Waals surface area contributed by atoms with Gasteiger partial charge in [-0.1, -0.05) is 18.2 Å². The molecule has 0 saturated carbocycles. The van der Waals surface area contributed by atoms with E-state index >= 15 is 0 Å². The second-order valence-corrected chi connectivity index (χ2v) is 7.26. The zero-order valence-corrected chi connectivity index (χ0v) is 14.0. The molecule has 3 nitrogen and oxygen atoms in total. The van der Waals surface area contributed by atoms with Gasteiger partial charge in [-0.25, -0.2) is 0 Å². The van der Waals surface area contributed by atoms with Crippen molar-refractivity contribution in [3.63, 3.8) is 0 Å². The molecule has 116 valence electrons. The second kappa shape index (κ2) is 6.63. The van der Waals surface area contributed by atoms with E-state index in [9.17, 15) is 4.79 Å². The molecule has 2 aromatic rings. The molecule has 1 aliphatic carbocycles. The van der Waals surface area contributed by atoms with Crippen molar-refractivity contribution >= 4 is 22.9 Å². The molecule has 0 bridgehead atoms. The lowest BCUT2D eigenvalue weighted by Crippen LogP contribution is -2.16. The minimum Gasteiger partial charge on any atom is -0.321 e. The molecule has 0 unspecified atom stereocenters. The van der Waals surface area contributed by atoms with Gasteiger partial charge in [0.2, 0.25) is 0 Å². The Morgan fingerprint density at radius 2 is 1.91 bits per heavy atom. The lowest BCUT2D eigenvalue weighted by Gasteiger charge is -2.15. The molecule has 0 fully saturated rings. The van der Waals surface area contributed by atoms with Gasteiger partial charge in [0, 0.05) is 21.9 Å². The van der Waals surface area contributed by atoms with Crippen LogP contribution in [0.3, 0.4) is 0 Å². The first-order valence-corrected chi connectivity index (χ1v) is 8.61. The Kier molecular flexibility index (Phi) is 4.60. The summed E-state index contributed by atoms with van der Waals surface area (Å²) in [6.07, 6.45) is 4.73. The molecule has 1 aliphatic rings. The quantitative estimate of drug-likeness (QED) is 0.927. The van der Waals surface area contributed by atoms with Gasteiger partial charge in [0.25, 0.3) is 5.91 Å². The van der Waals surface area contributed by atoms with Gasteiger partial charge in [-0.05, 0) is 57.5 Å². The fourth-order valence-electron chi connectivity index (χ4n) is 2.94. The maximum Gasteiger partial charge on any atom is 0.255 e. The zero-order valence-electron chi connectivity index (χ0n) is 13.2. The third-order valence-electron chi connectivity index (χ3n) is 3.98. The van der Waals surface area contributed by atoms with E-state index < -0.39 is 0 Å². The minimum atomic E-state index is -0.00761. The van der Waals surface area contributed by atoms with Crippen molar-refractivity contribution in [3.05, 3.63) is 51.2 Å². The monoisotopic (exact) mass is 314 g/mol. The Bertz CT molecular complexity index is 661. The van der Waals surface area contributed by atoms with Crippen LogP contribution in [0.5, 0.6) is 0 Å². The molecule has 22 heavy (non-hydrogen) atoms. The number of hydrogen-bond donors (Lipinski definition) is 1. The molecule has 1 heterocycles. The fourth-order valence-corrected chi connectivity index (χ4v) is 4.41. The number of amides is 1. The Labute approximate surface area is 136 Å². The van der Waals surface area contributed by atoms with Crippen LogP contribution in [0.4, 0.5) is 5.69 Å². The third-order valence-corrected chi connectivity index (χ3v) is 5.26.